The molecular formula is C12H18N2S. The lowest BCUT2D eigenvalue weighted by Gasteiger charge is -2.05. The van der Waals surface area contributed by atoms with Crippen molar-refractivity contribution >= 4 is 22.8 Å². The molecule has 15 heavy (non-hydrogen) atoms. The lowest BCUT2D eigenvalue weighted by molar-refractivity contribution is 0.874. The van der Waals surface area contributed by atoms with Crippen molar-refractivity contribution in [1.29, 1.82) is 0 Å². The van der Waals surface area contributed by atoms with Gasteiger partial charge in [0.05, 0.1) is 11.7 Å². The van der Waals surface area contributed by atoms with Crippen molar-refractivity contribution in [2.24, 2.45) is 0 Å². The Balaban J connectivity index is 0.000000531. The summed E-state index contributed by atoms with van der Waals surface area (Å²) >= 11 is 1.30. The predicted molar refractivity (Wildman–Crippen MR) is 67.6 cm³/mol. The van der Waals surface area contributed by atoms with E-state index in [4.69, 9.17) is 0 Å². The highest BCUT2D eigenvalue weighted by Gasteiger charge is 2.09. The maximum Gasteiger partial charge on any atom is 0.108 e. The Morgan fingerprint density at radius 1 is 1.07 bits per heavy atom. The molecular weight excluding hydrogens is 204 g/mol. The van der Waals surface area contributed by atoms with Gasteiger partial charge < -0.3 is 0 Å². The van der Waals surface area contributed by atoms with Crippen LogP contribution in [0.15, 0.2) is 12.1 Å². The fourth-order valence-electron chi connectivity index (χ4n) is 1.48. The van der Waals surface area contributed by atoms with E-state index in [2.05, 4.69) is 41.7 Å². The Kier molecular flexibility index (Phi) is 4.21. The lowest BCUT2D eigenvalue weighted by Crippen LogP contribution is -1.90. The lowest BCUT2D eigenvalue weighted by atomic mass is 10.00. The van der Waals surface area contributed by atoms with E-state index in [0.717, 1.165) is 11.0 Å². The monoisotopic (exact) mass is 222 g/mol. The van der Waals surface area contributed by atoms with Crippen LogP contribution >= 0.6 is 11.7 Å². The summed E-state index contributed by atoms with van der Waals surface area (Å²) in [5.74, 6) is 0.520. The van der Waals surface area contributed by atoms with Crippen molar-refractivity contribution in [2.75, 3.05) is 0 Å². The number of aryl methyl sites for hydroxylation is 1. The van der Waals surface area contributed by atoms with Crippen LogP contribution in [0.4, 0.5) is 0 Å². The van der Waals surface area contributed by atoms with Crippen LogP contribution in [0.5, 0.6) is 0 Å². The number of fused-ring (bicyclic) bond motifs is 1. The number of hydrogen-bond donors (Lipinski definition) is 0. The third kappa shape index (κ3) is 2.34. The molecule has 0 spiro atoms. The van der Waals surface area contributed by atoms with E-state index >= 15 is 0 Å². The first-order valence-corrected chi connectivity index (χ1v) is 6.15. The number of nitrogens with zero attached hydrogens (tertiary/aromatic N) is 2. The summed E-state index contributed by atoms with van der Waals surface area (Å²) in [4.78, 5) is 0. The highest BCUT2D eigenvalue weighted by Crippen LogP contribution is 2.25. The average Bonchev–Trinajstić information content (AvgIpc) is 2.70. The number of rotatable bonds is 1. The maximum absolute atomic E-state index is 4.33. The van der Waals surface area contributed by atoms with E-state index in [9.17, 15) is 0 Å². The van der Waals surface area contributed by atoms with E-state index in [1.165, 1.54) is 22.9 Å². The summed E-state index contributed by atoms with van der Waals surface area (Å²) in [5, 5.41) is 0. The molecule has 2 rings (SSSR count). The number of hydrogen-bond acceptors (Lipinski definition) is 3. The molecule has 0 saturated carbocycles. The molecule has 2 aromatic rings. The third-order valence-electron chi connectivity index (χ3n) is 2.27. The van der Waals surface area contributed by atoms with Crippen molar-refractivity contribution in [2.45, 2.75) is 40.5 Å². The van der Waals surface area contributed by atoms with Crippen molar-refractivity contribution < 1.29 is 0 Å². The Morgan fingerprint density at radius 3 is 2.27 bits per heavy atom. The van der Waals surface area contributed by atoms with E-state index < -0.39 is 0 Å². The Morgan fingerprint density at radius 2 is 1.67 bits per heavy atom. The van der Waals surface area contributed by atoms with Gasteiger partial charge in [-0.3, -0.25) is 0 Å². The van der Waals surface area contributed by atoms with Crippen molar-refractivity contribution in [3.8, 4) is 0 Å². The molecule has 0 saturated heterocycles. The zero-order chi connectivity index (χ0) is 11.4. The molecule has 2 nitrogen and oxygen atoms in total. The fourth-order valence-corrected chi connectivity index (χ4v) is 2.10. The van der Waals surface area contributed by atoms with Gasteiger partial charge in [0.1, 0.15) is 11.0 Å². The highest BCUT2D eigenvalue weighted by atomic mass is 32.1. The summed E-state index contributed by atoms with van der Waals surface area (Å²) in [6.45, 7) is 10.4. The first-order chi connectivity index (χ1) is 7.20. The molecule has 1 aromatic heterocycles. The molecule has 0 fully saturated rings. The van der Waals surface area contributed by atoms with Crippen LogP contribution < -0.4 is 0 Å². The van der Waals surface area contributed by atoms with Crippen LogP contribution in [-0.2, 0) is 0 Å². The predicted octanol–water partition coefficient (Wildman–Crippen LogP) is 4.15. The highest BCUT2D eigenvalue weighted by molar-refractivity contribution is 7.00. The van der Waals surface area contributed by atoms with Gasteiger partial charge in [-0.15, -0.1) is 0 Å². The zero-order valence-corrected chi connectivity index (χ0v) is 10.9. The molecule has 0 amide bonds. The van der Waals surface area contributed by atoms with E-state index in [-0.39, 0.29) is 0 Å². The van der Waals surface area contributed by atoms with Crippen LogP contribution in [0.2, 0.25) is 0 Å². The van der Waals surface area contributed by atoms with Gasteiger partial charge in [-0.1, -0.05) is 39.8 Å². The van der Waals surface area contributed by atoms with Gasteiger partial charge in [0.15, 0.2) is 0 Å². The SMILES string of the molecule is CC.Cc1ccc(C(C)C)c2nsnc12. The van der Waals surface area contributed by atoms with Crippen molar-refractivity contribution in [3.05, 3.63) is 23.3 Å². The molecule has 0 bridgehead atoms. The largest absolute Gasteiger partial charge is 0.173 e. The van der Waals surface area contributed by atoms with E-state index in [0.29, 0.717) is 5.92 Å². The normalized spacial score (nSPS) is 10.3. The second kappa shape index (κ2) is 5.21. The molecule has 3 heteroatoms. The molecule has 0 aliphatic heterocycles. The van der Waals surface area contributed by atoms with E-state index in [1.807, 2.05) is 13.8 Å². The quantitative estimate of drug-likeness (QED) is 0.724. The van der Waals surface area contributed by atoms with Gasteiger partial charge in [0.2, 0.25) is 0 Å². The second-order valence-electron chi connectivity index (χ2n) is 3.59. The Labute approximate surface area is 95.7 Å². The summed E-state index contributed by atoms with van der Waals surface area (Å²) in [7, 11) is 0. The van der Waals surface area contributed by atoms with Crippen LogP contribution in [0, 0.1) is 6.92 Å². The molecule has 0 unspecified atom stereocenters. The molecule has 0 radical (unpaired) electrons. The van der Waals surface area contributed by atoms with Crippen LogP contribution in [0.3, 0.4) is 0 Å². The minimum Gasteiger partial charge on any atom is -0.173 e. The third-order valence-corrected chi connectivity index (χ3v) is 2.80. The fraction of sp³-hybridized carbons (Fsp3) is 0.500. The summed E-state index contributed by atoms with van der Waals surface area (Å²) < 4.78 is 8.62. The zero-order valence-electron chi connectivity index (χ0n) is 10.0. The molecule has 0 aliphatic carbocycles. The van der Waals surface area contributed by atoms with Gasteiger partial charge in [0.25, 0.3) is 0 Å². The topological polar surface area (TPSA) is 25.8 Å². The first kappa shape index (κ1) is 12.1. The van der Waals surface area contributed by atoms with Crippen molar-refractivity contribution in [3.63, 3.8) is 0 Å². The Bertz CT molecular complexity index is 432. The Hall–Kier alpha value is -0.960. The maximum atomic E-state index is 4.33. The minimum atomic E-state index is 0.520. The van der Waals surface area contributed by atoms with Crippen LogP contribution in [-0.4, -0.2) is 8.75 Å². The summed E-state index contributed by atoms with van der Waals surface area (Å²) in [6.07, 6.45) is 0. The standard InChI is InChI=1S/C10H12N2S.C2H6/c1-6(2)8-5-4-7(3)9-10(8)12-13-11-9;1-2/h4-6H,1-3H3;1-2H3. The van der Waals surface area contributed by atoms with Gasteiger partial charge in [-0.2, -0.15) is 8.75 Å². The van der Waals surface area contributed by atoms with Crippen LogP contribution in [0.1, 0.15) is 44.7 Å². The molecule has 0 atom stereocenters. The van der Waals surface area contributed by atoms with Crippen molar-refractivity contribution in [1.82, 2.24) is 8.75 Å². The molecule has 1 aromatic carbocycles. The number of aromatic nitrogens is 2. The van der Waals surface area contributed by atoms with Gasteiger partial charge in [-0.25, -0.2) is 0 Å². The molecule has 0 N–H and O–H groups in total. The smallest absolute Gasteiger partial charge is 0.108 e. The summed E-state index contributed by atoms with van der Waals surface area (Å²) in [5.41, 5.74) is 4.67. The minimum absolute atomic E-state index is 0.520. The van der Waals surface area contributed by atoms with E-state index in [1.54, 1.807) is 0 Å². The first-order valence-electron chi connectivity index (χ1n) is 5.42. The van der Waals surface area contributed by atoms with Crippen LogP contribution in [0.25, 0.3) is 11.0 Å². The second-order valence-corrected chi connectivity index (χ2v) is 4.12. The number of benzene rings is 1. The van der Waals surface area contributed by atoms with Gasteiger partial charge in [-0.05, 0) is 24.0 Å². The average molecular weight is 222 g/mol. The van der Waals surface area contributed by atoms with Gasteiger partial charge >= 0.3 is 0 Å². The molecule has 1 heterocycles. The molecule has 82 valence electrons. The summed E-state index contributed by atoms with van der Waals surface area (Å²) in [6, 6.07) is 4.28. The van der Waals surface area contributed by atoms with Gasteiger partial charge in [0, 0.05) is 0 Å². The molecule has 0 aliphatic rings.